The Labute approximate surface area is 165 Å². The van der Waals surface area contributed by atoms with E-state index >= 15 is 0 Å². The highest BCUT2D eigenvalue weighted by molar-refractivity contribution is 5.60. The third-order valence-electron chi connectivity index (χ3n) is 4.01. The standard InChI is InChI=1S/C17H27N5O.2C2H6/c1-13(8-10-18)23-11-9-17(2,3)22-12-16(20-21-22)14-4-6-15(19)7-5-14;2*1-2/h4-7,12-13H,8-11,18-19H2,1-3H3;2*1-2H3. The van der Waals surface area contributed by atoms with Crippen LogP contribution in [0.1, 0.15) is 61.3 Å². The van der Waals surface area contributed by atoms with Gasteiger partial charge in [0.1, 0.15) is 5.69 Å². The molecule has 0 aliphatic rings. The maximum absolute atomic E-state index is 5.79. The Morgan fingerprint density at radius 1 is 1.11 bits per heavy atom. The Morgan fingerprint density at radius 3 is 2.26 bits per heavy atom. The van der Waals surface area contributed by atoms with E-state index in [1.807, 2.05) is 62.8 Å². The van der Waals surface area contributed by atoms with Crippen LogP contribution in [0.5, 0.6) is 0 Å². The van der Waals surface area contributed by atoms with E-state index in [1.54, 1.807) is 0 Å². The number of nitrogens with two attached hydrogens (primary N) is 2. The first-order valence-electron chi connectivity index (χ1n) is 10.0. The number of benzene rings is 1. The van der Waals surface area contributed by atoms with E-state index in [0.717, 1.165) is 29.8 Å². The van der Waals surface area contributed by atoms with Crippen molar-refractivity contribution in [3.05, 3.63) is 30.5 Å². The van der Waals surface area contributed by atoms with Gasteiger partial charge in [-0.15, -0.1) is 5.10 Å². The molecular weight excluding hydrogens is 338 g/mol. The van der Waals surface area contributed by atoms with Gasteiger partial charge < -0.3 is 16.2 Å². The zero-order valence-corrected chi connectivity index (χ0v) is 18.2. The van der Waals surface area contributed by atoms with Gasteiger partial charge in [0, 0.05) is 17.9 Å². The van der Waals surface area contributed by atoms with Crippen LogP contribution in [-0.4, -0.2) is 34.2 Å². The first-order chi connectivity index (χ1) is 12.9. The summed E-state index contributed by atoms with van der Waals surface area (Å²) in [5, 5.41) is 8.55. The van der Waals surface area contributed by atoms with Crippen molar-refractivity contribution < 1.29 is 4.74 Å². The van der Waals surface area contributed by atoms with Crippen LogP contribution in [0.3, 0.4) is 0 Å². The smallest absolute Gasteiger partial charge is 0.113 e. The molecule has 1 aromatic heterocycles. The average Bonchev–Trinajstić information content (AvgIpc) is 3.17. The molecule has 6 heteroatoms. The van der Waals surface area contributed by atoms with E-state index in [9.17, 15) is 0 Å². The van der Waals surface area contributed by atoms with Crippen LogP contribution in [-0.2, 0) is 10.3 Å². The van der Waals surface area contributed by atoms with Crippen LogP contribution in [0.15, 0.2) is 30.5 Å². The van der Waals surface area contributed by atoms with Gasteiger partial charge in [0.25, 0.3) is 0 Å². The molecule has 0 radical (unpaired) electrons. The zero-order valence-electron chi connectivity index (χ0n) is 18.2. The molecule has 0 spiro atoms. The highest BCUT2D eigenvalue weighted by atomic mass is 16.5. The zero-order chi connectivity index (χ0) is 20.9. The lowest BCUT2D eigenvalue weighted by atomic mass is 10.0. The van der Waals surface area contributed by atoms with Gasteiger partial charge in [-0.25, -0.2) is 4.68 Å². The van der Waals surface area contributed by atoms with Gasteiger partial charge in [-0.3, -0.25) is 0 Å². The Morgan fingerprint density at radius 2 is 1.70 bits per heavy atom. The number of nitrogens with zero attached hydrogens (tertiary/aromatic N) is 3. The van der Waals surface area contributed by atoms with Crippen molar-refractivity contribution in [3.63, 3.8) is 0 Å². The van der Waals surface area contributed by atoms with E-state index in [-0.39, 0.29) is 11.6 Å². The Hall–Kier alpha value is -1.92. The lowest BCUT2D eigenvalue weighted by Gasteiger charge is -2.25. The molecule has 0 bridgehead atoms. The summed E-state index contributed by atoms with van der Waals surface area (Å²) in [6, 6.07) is 7.64. The lowest BCUT2D eigenvalue weighted by Crippen LogP contribution is -2.29. The molecule has 1 unspecified atom stereocenters. The van der Waals surface area contributed by atoms with Crippen molar-refractivity contribution in [2.75, 3.05) is 18.9 Å². The molecule has 0 amide bonds. The molecule has 1 atom stereocenters. The van der Waals surface area contributed by atoms with Crippen molar-refractivity contribution in [1.29, 1.82) is 0 Å². The average molecular weight is 378 g/mol. The summed E-state index contributed by atoms with van der Waals surface area (Å²) in [5.74, 6) is 0. The summed E-state index contributed by atoms with van der Waals surface area (Å²) in [4.78, 5) is 0. The number of ether oxygens (including phenoxy) is 1. The Kier molecular flexibility index (Phi) is 12.3. The minimum Gasteiger partial charge on any atom is -0.399 e. The summed E-state index contributed by atoms with van der Waals surface area (Å²) in [6.45, 7) is 15.6. The molecule has 2 aromatic rings. The van der Waals surface area contributed by atoms with Gasteiger partial charge in [0.15, 0.2) is 0 Å². The molecule has 0 saturated heterocycles. The fourth-order valence-electron chi connectivity index (χ4n) is 2.29. The third kappa shape index (κ3) is 8.54. The molecule has 2 rings (SSSR count). The topological polar surface area (TPSA) is 92.0 Å². The third-order valence-corrected chi connectivity index (χ3v) is 4.01. The minimum atomic E-state index is -0.165. The maximum Gasteiger partial charge on any atom is 0.113 e. The molecular formula is C21H39N5O. The van der Waals surface area contributed by atoms with E-state index < -0.39 is 0 Å². The summed E-state index contributed by atoms with van der Waals surface area (Å²) in [5.41, 5.74) is 13.7. The SMILES string of the molecule is CC.CC.CC(CCN)OCCC(C)(C)n1cc(-c2ccc(N)cc2)nn1. The molecule has 0 saturated carbocycles. The number of hydrogen-bond acceptors (Lipinski definition) is 5. The monoisotopic (exact) mass is 377 g/mol. The van der Waals surface area contributed by atoms with Gasteiger partial charge in [-0.1, -0.05) is 45.0 Å². The largest absolute Gasteiger partial charge is 0.399 e. The number of nitrogen functional groups attached to an aromatic ring is 1. The van der Waals surface area contributed by atoms with Crippen molar-refractivity contribution in [2.45, 2.75) is 73.0 Å². The lowest BCUT2D eigenvalue weighted by molar-refractivity contribution is 0.0427. The van der Waals surface area contributed by atoms with E-state index in [1.165, 1.54) is 0 Å². The van der Waals surface area contributed by atoms with Crippen LogP contribution >= 0.6 is 0 Å². The molecule has 1 heterocycles. The predicted molar refractivity (Wildman–Crippen MR) is 116 cm³/mol. The molecule has 0 aliphatic carbocycles. The first kappa shape index (κ1) is 25.1. The van der Waals surface area contributed by atoms with Crippen LogP contribution in [0, 0.1) is 0 Å². The van der Waals surface area contributed by atoms with Crippen LogP contribution in [0.2, 0.25) is 0 Å². The molecule has 154 valence electrons. The van der Waals surface area contributed by atoms with Gasteiger partial charge in [0.2, 0.25) is 0 Å². The van der Waals surface area contributed by atoms with Crippen LogP contribution in [0.25, 0.3) is 11.3 Å². The summed E-state index contributed by atoms with van der Waals surface area (Å²) >= 11 is 0. The fourth-order valence-corrected chi connectivity index (χ4v) is 2.29. The van der Waals surface area contributed by atoms with Crippen LogP contribution < -0.4 is 11.5 Å². The van der Waals surface area contributed by atoms with E-state index in [0.29, 0.717) is 13.2 Å². The van der Waals surface area contributed by atoms with Crippen molar-refractivity contribution >= 4 is 5.69 Å². The van der Waals surface area contributed by atoms with Crippen molar-refractivity contribution in [3.8, 4) is 11.3 Å². The number of rotatable bonds is 8. The number of anilines is 1. The Balaban J connectivity index is 0.00000158. The number of aromatic nitrogens is 3. The summed E-state index contributed by atoms with van der Waals surface area (Å²) in [6.07, 6.45) is 3.89. The van der Waals surface area contributed by atoms with E-state index in [2.05, 4.69) is 31.1 Å². The normalized spacial score (nSPS) is 11.7. The predicted octanol–water partition coefficient (Wildman–Crippen LogP) is 4.46. The highest BCUT2D eigenvalue weighted by Gasteiger charge is 2.22. The van der Waals surface area contributed by atoms with Crippen molar-refractivity contribution in [2.24, 2.45) is 5.73 Å². The second-order valence-corrected chi connectivity index (χ2v) is 6.49. The fraction of sp³-hybridized carbons (Fsp3) is 0.619. The van der Waals surface area contributed by atoms with Gasteiger partial charge in [0.05, 0.1) is 17.8 Å². The summed E-state index contributed by atoms with van der Waals surface area (Å²) in [7, 11) is 0. The molecule has 1 aromatic carbocycles. The van der Waals surface area contributed by atoms with E-state index in [4.69, 9.17) is 16.2 Å². The highest BCUT2D eigenvalue weighted by Crippen LogP contribution is 2.23. The molecule has 0 fully saturated rings. The maximum atomic E-state index is 5.79. The van der Waals surface area contributed by atoms with Crippen molar-refractivity contribution in [1.82, 2.24) is 15.0 Å². The van der Waals surface area contributed by atoms with Gasteiger partial charge in [-0.05, 0) is 52.3 Å². The molecule has 4 N–H and O–H groups in total. The van der Waals surface area contributed by atoms with Crippen LogP contribution in [0.4, 0.5) is 5.69 Å². The van der Waals surface area contributed by atoms with Gasteiger partial charge >= 0.3 is 0 Å². The Bertz CT molecular complexity index is 607. The van der Waals surface area contributed by atoms with Gasteiger partial charge in [-0.2, -0.15) is 0 Å². The molecule has 6 nitrogen and oxygen atoms in total. The quantitative estimate of drug-likeness (QED) is 0.663. The minimum absolute atomic E-state index is 0.165. The molecule has 27 heavy (non-hydrogen) atoms. The second-order valence-electron chi connectivity index (χ2n) is 6.49. The molecule has 0 aliphatic heterocycles. The number of hydrogen-bond donors (Lipinski definition) is 2. The first-order valence-corrected chi connectivity index (χ1v) is 10.0. The summed E-state index contributed by atoms with van der Waals surface area (Å²) < 4.78 is 7.69. The second kappa shape index (κ2) is 13.3.